The average Bonchev–Trinajstić information content (AvgIpc) is 2.78. The van der Waals surface area contributed by atoms with Crippen LogP contribution >= 0.6 is 11.6 Å². The average molecular weight is 428 g/mol. The van der Waals surface area contributed by atoms with E-state index < -0.39 is 0 Å². The van der Waals surface area contributed by atoms with Crippen molar-refractivity contribution < 1.29 is 14.3 Å². The molecule has 30 heavy (non-hydrogen) atoms. The van der Waals surface area contributed by atoms with Gasteiger partial charge in [-0.25, -0.2) is 4.79 Å². The minimum absolute atomic E-state index is 0.103. The number of allylic oxidation sites excluding steroid dienone is 1. The fourth-order valence-electron chi connectivity index (χ4n) is 3.72. The third-order valence-electron chi connectivity index (χ3n) is 5.39. The summed E-state index contributed by atoms with van der Waals surface area (Å²) in [5, 5.41) is 0.727. The van der Waals surface area contributed by atoms with Crippen molar-refractivity contribution in [1.29, 1.82) is 0 Å². The van der Waals surface area contributed by atoms with Crippen LogP contribution in [-0.4, -0.2) is 43.7 Å². The Morgan fingerprint density at radius 2 is 1.77 bits per heavy atom. The molecule has 0 radical (unpaired) electrons. The van der Waals surface area contributed by atoms with Crippen molar-refractivity contribution in [2.75, 3.05) is 32.8 Å². The number of nitrogens with zero attached hydrogens (tertiary/aromatic N) is 1. The topological polar surface area (TPSA) is 38.8 Å². The molecular weight excluding hydrogens is 398 g/mol. The quantitative estimate of drug-likeness (QED) is 0.403. The van der Waals surface area contributed by atoms with E-state index in [0.29, 0.717) is 19.1 Å². The van der Waals surface area contributed by atoms with Crippen LogP contribution < -0.4 is 0 Å². The van der Waals surface area contributed by atoms with E-state index in [-0.39, 0.29) is 12.1 Å². The Labute approximate surface area is 184 Å². The molecule has 1 aliphatic heterocycles. The maximum atomic E-state index is 11.5. The SMILES string of the molecule is CCOC(=O)C=CC1CCN(CCOC(c2ccccc2)c2ccc(Cl)cc2)CC1. The zero-order chi connectivity index (χ0) is 21.2. The van der Waals surface area contributed by atoms with E-state index in [9.17, 15) is 4.79 Å². The number of benzene rings is 2. The van der Waals surface area contributed by atoms with E-state index in [0.717, 1.165) is 48.6 Å². The Hall–Kier alpha value is -2.14. The van der Waals surface area contributed by atoms with Crippen molar-refractivity contribution in [2.24, 2.45) is 5.92 Å². The number of rotatable bonds is 9. The van der Waals surface area contributed by atoms with Crippen LogP contribution in [0.25, 0.3) is 0 Å². The first-order valence-electron chi connectivity index (χ1n) is 10.6. The highest BCUT2D eigenvalue weighted by molar-refractivity contribution is 6.30. The molecule has 0 saturated carbocycles. The van der Waals surface area contributed by atoms with Crippen LogP contribution in [0.3, 0.4) is 0 Å². The second kappa shape index (κ2) is 11.9. The van der Waals surface area contributed by atoms with Gasteiger partial charge in [0.1, 0.15) is 6.10 Å². The van der Waals surface area contributed by atoms with Crippen LogP contribution in [0, 0.1) is 5.92 Å². The van der Waals surface area contributed by atoms with Gasteiger partial charge in [-0.3, -0.25) is 0 Å². The molecule has 1 fully saturated rings. The number of ether oxygens (including phenoxy) is 2. The fraction of sp³-hybridized carbons (Fsp3) is 0.400. The minimum atomic E-state index is -0.248. The Bertz CT molecular complexity index is 799. The summed E-state index contributed by atoms with van der Waals surface area (Å²) in [5.41, 5.74) is 2.25. The molecule has 2 aromatic carbocycles. The van der Waals surface area contributed by atoms with Crippen LogP contribution in [-0.2, 0) is 14.3 Å². The van der Waals surface area contributed by atoms with Gasteiger partial charge in [0.2, 0.25) is 0 Å². The lowest BCUT2D eigenvalue weighted by Crippen LogP contribution is -2.35. The minimum Gasteiger partial charge on any atom is -0.463 e. The van der Waals surface area contributed by atoms with Crippen molar-refractivity contribution in [3.63, 3.8) is 0 Å². The molecule has 0 amide bonds. The highest BCUT2D eigenvalue weighted by Gasteiger charge is 2.19. The van der Waals surface area contributed by atoms with E-state index in [2.05, 4.69) is 17.0 Å². The van der Waals surface area contributed by atoms with Crippen molar-refractivity contribution in [3.8, 4) is 0 Å². The van der Waals surface area contributed by atoms with Gasteiger partial charge in [-0.2, -0.15) is 0 Å². The molecule has 0 aromatic heterocycles. The van der Waals surface area contributed by atoms with Gasteiger partial charge < -0.3 is 14.4 Å². The van der Waals surface area contributed by atoms with E-state index >= 15 is 0 Å². The second-order valence-electron chi connectivity index (χ2n) is 7.50. The monoisotopic (exact) mass is 427 g/mol. The number of halogens is 1. The van der Waals surface area contributed by atoms with Crippen molar-refractivity contribution in [2.45, 2.75) is 25.9 Å². The molecule has 1 aliphatic rings. The number of esters is 1. The summed E-state index contributed by atoms with van der Waals surface area (Å²) in [6.07, 6.45) is 5.57. The third kappa shape index (κ3) is 6.98. The maximum Gasteiger partial charge on any atom is 0.330 e. The summed E-state index contributed by atoms with van der Waals surface area (Å²) in [6.45, 7) is 5.82. The Kier molecular flexibility index (Phi) is 8.94. The van der Waals surface area contributed by atoms with E-state index in [1.165, 1.54) is 0 Å². The predicted octanol–water partition coefficient (Wildman–Crippen LogP) is 5.28. The largest absolute Gasteiger partial charge is 0.463 e. The molecular formula is C25H30ClNO3. The molecule has 5 heteroatoms. The van der Waals surface area contributed by atoms with Gasteiger partial charge in [-0.1, -0.05) is 60.1 Å². The summed E-state index contributed by atoms with van der Waals surface area (Å²) in [4.78, 5) is 13.9. The Balaban J connectivity index is 1.49. The third-order valence-corrected chi connectivity index (χ3v) is 5.64. The lowest BCUT2D eigenvalue weighted by Gasteiger charge is -2.31. The van der Waals surface area contributed by atoms with Gasteiger partial charge in [0, 0.05) is 17.6 Å². The first kappa shape index (κ1) is 22.5. The van der Waals surface area contributed by atoms with Gasteiger partial charge in [0.15, 0.2) is 0 Å². The molecule has 4 nitrogen and oxygen atoms in total. The van der Waals surface area contributed by atoms with E-state index in [4.69, 9.17) is 21.1 Å². The van der Waals surface area contributed by atoms with Gasteiger partial charge in [-0.05, 0) is 62.0 Å². The lowest BCUT2D eigenvalue weighted by atomic mass is 9.96. The highest BCUT2D eigenvalue weighted by Crippen LogP contribution is 2.27. The Morgan fingerprint density at radius 1 is 1.10 bits per heavy atom. The number of likely N-dealkylation sites (tertiary alicyclic amines) is 1. The summed E-state index contributed by atoms with van der Waals surface area (Å²) < 4.78 is 11.3. The van der Waals surface area contributed by atoms with Gasteiger partial charge >= 0.3 is 5.97 Å². The van der Waals surface area contributed by atoms with Gasteiger partial charge in [-0.15, -0.1) is 0 Å². The summed E-state index contributed by atoms with van der Waals surface area (Å²) in [5.74, 6) is 0.195. The fourth-order valence-corrected chi connectivity index (χ4v) is 3.85. The normalized spacial score (nSPS) is 16.6. The first-order valence-corrected chi connectivity index (χ1v) is 11.0. The molecule has 0 bridgehead atoms. The maximum absolute atomic E-state index is 11.5. The molecule has 1 heterocycles. The summed E-state index contributed by atoms with van der Waals surface area (Å²) >= 11 is 6.06. The van der Waals surface area contributed by atoms with Crippen LogP contribution in [0.4, 0.5) is 0 Å². The van der Waals surface area contributed by atoms with Crippen molar-refractivity contribution in [1.82, 2.24) is 4.90 Å². The van der Waals surface area contributed by atoms with Crippen LogP contribution in [0.1, 0.15) is 37.0 Å². The van der Waals surface area contributed by atoms with Crippen molar-refractivity contribution in [3.05, 3.63) is 82.9 Å². The van der Waals surface area contributed by atoms with Crippen LogP contribution in [0.2, 0.25) is 5.02 Å². The van der Waals surface area contributed by atoms with Gasteiger partial charge in [0.25, 0.3) is 0 Å². The number of piperidine rings is 1. The second-order valence-corrected chi connectivity index (χ2v) is 7.94. The standard InChI is InChI=1S/C25H30ClNO3/c1-2-29-24(28)13-8-20-14-16-27(17-15-20)18-19-30-25(21-6-4-3-5-7-21)22-9-11-23(26)12-10-22/h3-13,20,25H,2,14-19H2,1H3. The number of carbonyl (C=O) groups excluding carboxylic acids is 1. The van der Waals surface area contributed by atoms with E-state index in [1.54, 1.807) is 6.08 Å². The van der Waals surface area contributed by atoms with Crippen LogP contribution in [0.15, 0.2) is 66.7 Å². The molecule has 3 rings (SSSR count). The summed E-state index contributed by atoms with van der Waals surface area (Å²) in [6, 6.07) is 18.2. The molecule has 0 spiro atoms. The van der Waals surface area contributed by atoms with Gasteiger partial charge in [0.05, 0.1) is 13.2 Å². The molecule has 1 saturated heterocycles. The van der Waals surface area contributed by atoms with E-state index in [1.807, 2.05) is 55.5 Å². The van der Waals surface area contributed by atoms with Crippen molar-refractivity contribution >= 4 is 17.6 Å². The molecule has 1 atom stereocenters. The zero-order valence-corrected chi connectivity index (χ0v) is 18.3. The number of hydrogen-bond donors (Lipinski definition) is 0. The molecule has 1 unspecified atom stereocenters. The Morgan fingerprint density at radius 3 is 2.43 bits per heavy atom. The highest BCUT2D eigenvalue weighted by atomic mass is 35.5. The smallest absolute Gasteiger partial charge is 0.330 e. The molecule has 0 N–H and O–H groups in total. The van der Waals surface area contributed by atoms with Crippen LogP contribution in [0.5, 0.6) is 0 Å². The molecule has 160 valence electrons. The zero-order valence-electron chi connectivity index (χ0n) is 17.5. The summed E-state index contributed by atoms with van der Waals surface area (Å²) in [7, 11) is 0. The molecule has 0 aliphatic carbocycles. The molecule has 2 aromatic rings. The predicted molar refractivity (Wildman–Crippen MR) is 121 cm³/mol. The lowest BCUT2D eigenvalue weighted by molar-refractivity contribution is -0.137. The first-order chi connectivity index (χ1) is 14.7. The number of carbonyl (C=O) groups is 1. The number of hydrogen-bond acceptors (Lipinski definition) is 4.